The number of primary amides is 1. The first kappa shape index (κ1) is 28.5. The van der Waals surface area contributed by atoms with Crippen molar-refractivity contribution in [2.45, 2.75) is 39.2 Å². The molecule has 1 heterocycles. The van der Waals surface area contributed by atoms with E-state index in [1.54, 1.807) is 49.9 Å². The van der Waals surface area contributed by atoms with Crippen LogP contribution in [-0.2, 0) is 15.1 Å². The summed E-state index contributed by atoms with van der Waals surface area (Å²) in [6.07, 6.45) is -1.72. The van der Waals surface area contributed by atoms with Crippen LogP contribution < -0.4 is 5.73 Å². The molecule has 1 atom stereocenters. The van der Waals surface area contributed by atoms with E-state index >= 15 is 0 Å². The lowest BCUT2D eigenvalue weighted by molar-refractivity contribution is -0.136. The van der Waals surface area contributed by atoms with E-state index in [0.29, 0.717) is 23.3 Å². The number of nitrogens with two attached hydrogens (primary N) is 1. The summed E-state index contributed by atoms with van der Waals surface area (Å²) in [4.78, 5) is 40.9. The number of hydrogen-bond donors (Lipinski definition) is 1. The first-order valence-electron chi connectivity index (χ1n) is 12.0. The molecule has 0 bridgehead atoms. The minimum absolute atomic E-state index is 0.216. The van der Waals surface area contributed by atoms with Crippen LogP contribution >= 0.6 is 0 Å². The zero-order chi connectivity index (χ0) is 28.3. The van der Waals surface area contributed by atoms with Crippen LogP contribution in [0.5, 0.6) is 0 Å². The van der Waals surface area contributed by atoms with Crippen LogP contribution in [0.1, 0.15) is 55.1 Å². The van der Waals surface area contributed by atoms with Crippen LogP contribution in [0.25, 0.3) is 0 Å². The topological polar surface area (TPSA) is 117 Å². The minimum atomic E-state index is -1.87. The van der Waals surface area contributed by atoms with Gasteiger partial charge in [-0.25, -0.2) is 18.0 Å². The second-order valence-electron chi connectivity index (χ2n) is 10.1. The van der Waals surface area contributed by atoms with Gasteiger partial charge in [-0.15, -0.1) is 0 Å². The van der Waals surface area contributed by atoms with E-state index in [0.717, 1.165) is 0 Å². The van der Waals surface area contributed by atoms with Gasteiger partial charge in [-0.2, -0.15) is 5.26 Å². The third-order valence-electron chi connectivity index (χ3n) is 6.80. The Hall–Kier alpha value is -4.07. The maximum absolute atomic E-state index is 14.9. The van der Waals surface area contributed by atoms with Crippen molar-refractivity contribution in [3.63, 3.8) is 0 Å². The molecule has 11 heteroatoms. The number of amides is 3. The summed E-state index contributed by atoms with van der Waals surface area (Å²) in [6.45, 7) is 5.83. The number of piperazine rings is 1. The first-order valence-corrected chi connectivity index (χ1v) is 12.0. The van der Waals surface area contributed by atoms with E-state index in [-0.39, 0.29) is 50.8 Å². The van der Waals surface area contributed by atoms with Crippen molar-refractivity contribution >= 4 is 17.9 Å². The molecule has 0 aliphatic carbocycles. The number of carbonyl (C=O) groups excluding carboxylic acids is 3. The molecule has 1 aliphatic heterocycles. The first-order chi connectivity index (χ1) is 17.8. The van der Waals surface area contributed by atoms with Gasteiger partial charge in [0.2, 0.25) is 5.91 Å². The van der Waals surface area contributed by atoms with E-state index < -0.39 is 40.1 Å². The highest BCUT2D eigenvalue weighted by Crippen LogP contribution is 2.47. The standard InChI is InChI=1S/C27H29F3N4O4/c1-26(2,3)27(38-25(32)37,19-14-21(29)22(30)15-20(19)28)9-8-23(35)33-10-12-34(13-11-33)24(36)18-6-4-17(16-31)5-7-18/h4-7,14-15H,8-13H2,1-3H3,(H2,32,37). The van der Waals surface area contributed by atoms with Crippen molar-refractivity contribution < 1.29 is 32.3 Å². The van der Waals surface area contributed by atoms with Gasteiger partial charge in [-0.3, -0.25) is 9.59 Å². The van der Waals surface area contributed by atoms with Gasteiger partial charge in [0.25, 0.3) is 5.91 Å². The number of halogens is 3. The van der Waals surface area contributed by atoms with Crippen molar-refractivity contribution in [3.05, 3.63) is 70.5 Å². The molecule has 0 spiro atoms. The van der Waals surface area contributed by atoms with Crippen molar-refractivity contribution in [2.75, 3.05) is 26.2 Å². The van der Waals surface area contributed by atoms with E-state index in [9.17, 15) is 27.6 Å². The van der Waals surface area contributed by atoms with Crippen LogP contribution in [0, 0.1) is 34.2 Å². The SMILES string of the molecule is CC(C)(C)C(CCC(=O)N1CCN(C(=O)c2ccc(C#N)cc2)CC1)(OC(N)=O)c1cc(F)c(F)cc1F. The highest BCUT2D eigenvalue weighted by molar-refractivity contribution is 5.94. The smallest absolute Gasteiger partial charge is 0.405 e. The normalized spacial score (nSPS) is 15.4. The molecule has 2 aromatic rings. The Bertz CT molecular complexity index is 1260. The summed E-state index contributed by atoms with van der Waals surface area (Å²) in [5.74, 6) is -4.45. The molecule has 1 fully saturated rings. The van der Waals surface area contributed by atoms with E-state index in [1.165, 1.54) is 4.90 Å². The molecule has 2 N–H and O–H groups in total. The van der Waals surface area contributed by atoms with Gasteiger partial charge in [0, 0.05) is 61.6 Å². The lowest BCUT2D eigenvalue weighted by atomic mass is 9.69. The molecule has 1 saturated heterocycles. The third-order valence-corrected chi connectivity index (χ3v) is 6.80. The van der Waals surface area contributed by atoms with Gasteiger partial charge in [0.1, 0.15) is 11.4 Å². The van der Waals surface area contributed by atoms with E-state index in [4.69, 9.17) is 15.7 Å². The average molecular weight is 531 g/mol. The third kappa shape index (κ3) is 5.90. The Morgan fingerprint density at radius 2 is 1.50 bits per heavy atom. The van der Waals surface area contributed by atoms with E-state index in [1.807, 2.05) is 6.07 Å². The van der Waals surface area contributed by atoms with Crippen molar-refractivity contribution in [2.24, 2.45) is 11.1 Å². The molecule has 3 amide bonds. The molecule has 0 saturated carbocycles. The number of rotatable bonds is 6. The fourth-order valence-corrected chi connectivity index (χ4v) is 4.65. The predicted octanol–water partition coefficient (Wildman–Crippen LogP) is 4.08. The number of ether oxygens (including phenoxy) is 1. The summed E-state index contributed by atoms with van der Waals surface area (Å²) < 4.78 is 48.1. The lowest BCUT2D eigenvalue weighted by Crippen LogP contribution is -2.51. The number of nitriles is 1. The maximum atomic E-state index is 14.9. The highest BCUT2D eigenvalue weighted by atomic mass is 19.2. The Morgan fingerprint density at radius 3 is 2.03 bits per heavy atom. The predicted molar refractivity (Wildman–Crippen MR) is 131 cm³/mol. The Kier molecular flexibility index (Phi) is 8.35. The van der Waals surface area contributed by atoms with Crippen molar-refractivity contribution in [1.82, 2.24) is 9.80 Å². The maximum Gasteiger partial charge on any atom is 0.405 e. The Balaban J connectivity index is 1.75. The van der Waals surface area contributed by atoms with Crippen LogP contribution in [0.2, 0.25) is 0 Å². The zero-order valence-electron chi connectivity index (χ0n) is 21.4. The summed E-state index contributed by atoms with van der Waals surface area (Å²) >= 11 is 0. The molecule has 202 valence electrons. The van der Waals surface area contributed by atoms with Gasteiger partial charge in [0.15, 0.2) is 11.6 Å². The van der Waals surface area contributed by atoms with Crippen LogP contribution in [-0.4, -0.2) is 53.9 Å². The fourth-order valence-electron chi connectivity index (χ4n) is 4.65. The fraction of sp³-hybridized carbons (Fsp3) is 0.407. The van der Waals surface area contributed by atoms with Crippen molar-refractivity contribution in [1.29, 1.82) is 5.26 Å². The molecular weight excluding hydrogens is 501 g/mol. The minimum Gasteiger partial charge on any atom is -0.438 e. The molecule has 2 aromatic carbocycles. The summed E-state index contributed by atoms with van der Waals surface area (Å²) in [7, 11) is 0. The largest absolute Gasteiger partial charge is 0.438 e. The monoisotopic (exact) mass is 530 g/mol. The Labute approximate surface area is 218 Å². The number of carbonyl (C=O) groups is 3. The second kappa shape index (κ2) is 11.1. The number of hydrogen-bond acceptors (Lipinski definition) is 5. The number of benzene rings is 2. The summed E-state index contributed by atoms with van der Waals surface area (Å²) in [6, 6.07) is 9.22. The molecule has 0 radical (unpaired) electrons. The molecule has 1 unspecified atom stereocenters. The molecular formula is C27H29F3N4O4. The lowest BCUT2D eigenvalue weighted by Gasteiger charge is -2.44. The summed E-state index contributed by atoms with van der Waals surface area (Å²) in [5.41, 5.74) is 2.78. The van der Waals surface area contributed by atoms with Gasteiger partial charge in [-0.1, -0.05) is 20.8 Å². The van der Waals surface area contributed by atoms with Gasteiger partial charge in [0.05, 0.1) is 11.6 Å². The van der Waals surface area contributed by atoms with Crippen LogP contribution in [0.3, 0.4) is 0 Å². The molecule has 3 rings (SSSR count). The Morgan fingerprint density at radius 1 is 0.947 bits per heavy atom. The van der Waals surface area contributed by atoms with Gasteiger partial charge in [-0.05, 0) is 30.3 Å². The van der Waals surface area contributed by atoms with Crippen molar-refractivity contribution in [3.8, 4) is 6.07 Å². The zero-order valence-corrected chi connectivity index (χ0v) is 21.4. The molecule has 0 aromatic heterocycles. The number of nitrogens with zero attached hydrogens (tertiary/aromatic N) is 3. The quantitative estimate of drug-likeness (QED) is 0.565. The molecule has 38 heavy (non-hydrogen) atoms. The molecule has 8 nitrogen and oxygen atoms in total. The average Bonchev–Trinajstić information content (AvgIpc) is 2.87. The van der Waals surface area contributed by atoms with Crippen LogP contribution in [0.15, 0.2) is 36.4 Å². The van der Waals surface area contributed by atoms with Gasteiger partial charge < -0.3 is 20.3 Å². The second-order valence-corrected chi connectivity index (χ2v) is 10.1. The van der Waals surface area contributed by atoms with Crippen LogP contribution in [0.4, 0.5) is 18.0 Å². The molecule has 1 aliphatic rings. The van der Waals surface area contributed by atoms with E-state index in [2.05, 4.69) is 0 Å². The summed E-state index contributed by atoms with van der Waals surface area (Å²) in [5, 5.41) is 8.92. The van der Waals surface area contributed by atoms with Gasteiger partial charge >= 0.3 is 6.09 Å². The highest BCUT2D eigenvalue weighted by Gasteiger charge is 2.49.